The van der Waals surface area contributed by atoms with E-state index in [4.69, 9.17) is 37.0 Å². The summed E-state index contributed by atoms with van der Waals surface area (Å²) in [5, 5.41) is 10.6. The van der Waals surface area contributed by atoms with Crippen molar-refractivity contribution in [2.24, 2.45) is 23.7 Å². The average Bonchev–Trinajstić information content (AvgIpc) is 3.56. The third-order valence-corrected chi connectivity index (χ3v) is 17.3. The quantitative estimate of drug-likeness (QED) is 0.0222. The smallest absolute Gasteiger partial charge is 0.462 e. The first-order valence-electron chi connectivity index (χ1n) is 34.2. The van der Waals surface area contributed by atoms with Crippen LogP contribution in [-0.4, -0.2) is 96.7 Å². The van der Waals surface area contributed by atoms with Crippen molar-refractivity contribution in [1.82, 2.24) is 0 Å². The monoisotopic (exact) mass is 1250 g/mol. The number of rotatable bonds is 63. The number of hydrogen-bond acceptors (Lipinski definition) is 15. The molecule has 0 aromatic rings. The highest BCUT2D eigenvalue weighted by atomic mass is 31.2. The molecule has 0 saturated carbocycles. The van der Waals surface area contributed by atoms with E-state index in [1.54, 1.807) is 0 Å². The van der Waals surface area contributed by atoms with Gasteiger partial charge >= 0.3 is 39.5 Å². The van der Waals surface area contributed by atoms with E-state index in [0.29, 0.717) is 31.6 Å². The van der Waals surface area contributed by atoms with Crippen LogP contribution in [0.2, 0.25) is 0 Å². The molecule has 6 atom stereocenters. The summed E-state index contributed by atoms with van der Waals surface area (Å²) in [6, 6.07) is 0. The van der Waals surface area contributed by atoms with Gasteiger partial charge in [0.2, 0.25) is 0 Å². The van der Waals surface area contributed by atoms with Gasteiger partial charge in [-0.2, -0.15) is 0 Å². The second-order valence-electron chi connectivity index (χ2n) is 25.5. The van der Waals surface area contributed by atoms with Crippen molar-refractivity contribution in [2.45, 2.75) is 337 Å². The van der Waals surface area contributed by atoms with Gasteiger partial charge in [0.1, 0.15) is 19.3 Å². The van der Waals surface area contributed by atoms with Gasteiger partial charge in [-0.3, -0.25) is 37.3 Å². The van der Waals surface area contributed by atoms with E-state index in [1.807, 2.05) is 0 Å². The molecule has 0 aliphatic rings. The fraction of sp³-hybridized carbons (Fsp3) is 0.939. The van der Waals surface area contributed by atoms with Crippen LogP contribution in [0.3, 0.4) is 0 Å². The number of hydrogen-bond donors (Lipinski definition) is 3. The van der Waals surface area contributed by atoms with Crippen molar-refractivity contribution in [1.29, 1.82) is 0 Å². The Morgan fingerprint density at radius 3 is 0.835 bits per heavy atom. The molecule has 0 aliphatic heterocycles. The van der Waals surface area contributed by atoms with Crippen LogP contribution in [0, 0.1) is 23.7 Å². The molecule has 4 unspecified atom stereocenters. The van der Waals surface area contributed by atoms with Gasteiger partial charge in [-0.25, -0.2) is 9.13 Å². The lowest BCUT2D eigenvalue weighted by Gasteiger charge is -2.21. The van der Waals surface area contributed by atoms with E-state index in [9.17, 15) is 43.2 Å². The van der Waals surface area contributed by atoms with Gasteiger partial charge < -0.3 is 33.8 Å². The van der Waals surface area contributed by atoms with Crippen molar-refractivity contribution in [2.75, 3.05) is 39.6 Å². The predicted octanol–water partition coefficient (Wildman–Crippen LogP) is 18.1. The first kappa shape index (κ1) is 83.1. The van der Waals surface area contributed by atoms with Crippen molar-refractivity contribution in [3.63, 3.8) is 0 Å². The molecule has 0 saturated heterocycles. The number of aliphatic hydroxyl groups excluding tert-OH is 1. The summed E-state index contributed by atoms with van der Waals surface area (Å²) in [6.07, 6.45) is 36.3. The Hall–Kier alpha value is -1.94. The molecule has 0 radical (unpaired) electrons. The Kier molecular flexibility index (Phi) is 54.8. The van der Waals surface area contributed by atoms with E-state index in [1.165, 1.54) is 109 Å². The minimum Gasteiger partial charge on any atom is -0.462 e. The highest BCUT2D eigenvalue weighted by Crippen LogP contribution is 2.45. The van der Waals surface area contributed by atoms with Crippen molar-refractivity contribution < 1.29 is 80.2 Å². The topological polar surface area (TPSA) is 237 Å². The average molecular weight is 1260 g/mol. The van der Waals surface area contributed by atoms with E-state index < -0.39 is 97.5 Å². The molecule has 19 heteroatoms. The molecule has 0 amide bonds. The summed E-state index contributed by atoms with van der Waals surface area (Å²) in [5.74, 6) is 0.787. The van der Waals surface area contributed by atoms with Gasteiger partial charge in [-0.1, -0.05) is 267 Å². The maximum Gasteiger partial charge on any atom is 0.472 e. The van der Waals surface area contributed by atoms with E-state index >= 15 is 0 Å². The largest absolute Gasteiger partial charge is 0.472 e. The standard InChI is InChI=1S/C66H128O17P2/c1-9-59(8)45-37-29-24-25-31-39-47-64(69)77-53-62(83-66(71)49-41-33-22-16-12-14-19-27-35-43-57(4)5)55-81-85(74,75)79-51-60(67)50-78-84(72,73)80-54-61(52-76-63(68)46-38-30-23-17-20-28-36-44-58(6)7)82-65(70)48-40-32-21-15-11-10-13-18-26-34-42-56(2)3/h56-62,67H,9-55H2,1-8H3,(H,72,73)(H,74,75)/t59?,60?,61-,62-/m1/s1. The molecule has 0 heterocycles. The number of esters is 4. The zero-order chi connectivity index (χ0) is 63.2. The molecule has 0 fully saturated rings. The van der Waals surface area contributed by atoms with E-state index in [2.05, 4.69) is 55.4 Å². The Bertz CT molecular complexity index is 1700. The lowest BCUT2D eigenvalue weighted by Crippen LogP contribution is -2.30. The Labute approximate surface area is 517 Å². The molecule has 17 nitrogen and oxygen atoms in total. The summed E-state index contributed by atoms with van der Waals surface area (Å²) in [7, 11) is -9.89. The molecule has 0 aromatic heterocycles. The predicted molar refractivity (Wildman–Crippen MR) is 340 cm³/mol. The lowest BCUT2D eigenvalue weighted by atomic mass is 10.00. The third-order valence-electron chi connectivity index (χ3n) is 15.4. The number of carbonyl (C=O) groups is 4. The fourth-order valence-corrected chi connectivity index (χ4v) is 11.3. The zero-order valence-electron chi connectivity index (χ0n) is 55.2. The molecule has 0 aromatic carbocycles. The number of aliphatic hydroxyl groups is 1. The van der Waals surface area contributed by atoms with Crippen LogP contribution < -0.4 is 0 Å². The molecule has 85 heavy (non-hydrogen) atoms. The van der Waals surface area contributed by atoms with Gasteiger partial charge in [0.25, 0.3) is 0 Å². The van der Waals surface area contributed by atoms with Gasteiger partial charge in [0.05, 0.1) is 26.4 Å². The van der Waals surface area contributed by atoms with E-state index in [-0.39, 0.29) is 25.7 Å². The Balaban J connectivity index is 5.26. The second kappa shape index (κ2) is 56.1. The van der Waals surface area contributed by atoms with Gasteiger partial charge in [-0.15, -0.1) is 0 Å². The lowest BCUT2D eigenvalue weighted by molar-refractivity contribution is -0.161. The van der Waals surface area contributed by atoms with Crippen LogP contribution in [0.25, 0.3) is 0 Å². The maximum atomic E-state index is 13.0. The summed E-state index contributed by atoms with van der Waals surface area (Å²) in [4.78, 5) is 72.3. The van der Waals surface area contributed by atoms with Gasteiger partial charge in [0, 0.05) is 25.7 Å². The normalized spacial score (nSPS) is 14.7. The SMILES string of the molecule is CCC(C)CCCCCCCCC(=O)OC[C@H](COP(=O)(O)OCC(O)COP(=O)(O)OC[C@@H](COC(=O)CCCCCCCCCC(C)C)OC(=O)CCCCCCCCCCCCC(C)C)OC(=O)CCCCCCCCCCCC(C)C. The molecule has 0 rings (SSSR count). The summed E-state index contributed by atoms with van der Waals surface area (Å²) >= 11 is 0. The Morgan fingerprint density at radius 2 is 0.565 bits per heavy atom. The second-order valence-corrected chi connectivity index (χ2v) is 28.4. The number of phosphoric ester groups is 2. The molecule has 0 spiro atoms. The van der Waals surface area contributed by atoms with Crippen LogP contribution in [0.4, 0.5) is 0 Å². The molecule has 3 N–H and O–H groups in total. The van der Waals surface area contributed by atoms with Crippen LogP contribution in [0.5, 0.6) is 0 Å². The number of unbranched alkanes of at least 4 members (excludes halogenated alkanes) is 28. The van der Waals surface area contributed by atoms with Crippen LogP contribution in [0.1, 0.15) is 319 Å². The van der Waals surface area contributed by atoms with Crippen LogP contribution >= 0.6 is 15.6 Å². The minimum atomic E-state index is -4.95. The van der Waals surface area contributed by atoms with Gasteiger partial charge in [0.15, 0.2) is 12.2 Å². The summed E-state index contributed by atoms with van der Waals surface area (Å²) in [5.41, 5.74) is 0. The highest BCUT2D eigenvalue weighted by Gasteiger charge is 2.30. The van der Waals surface area contributed by atoms with Crippen molar-refractivity contribution in [3.8, 4) is 0 Å². The van der Waals surface area contributed by atoms with Gasteiger partial charge in [-0.05, 0) is 49.4 Å². The number of ether oxygens (including phenoxy) is 4. The Morgan fingerprint density at radius 1 is 0.329 bits per heavy atom. The third kappa shape index (κ3) is 59.5. The molecule has 0 bridgehead atoms. The zero-order valence-corrected chi connectivity index (χ0v) is 57.0. The fourth-order valence-electron chi connectivity index (χ4n) is 9.75. The summed E-state index contributed by atoms with van der Waals surface area (Å²) in [6.45, 7) is 14.0. The molecular weight excluding hydrogens is 1130 g/mol. The number of phosphoric acid groups is 2. The maximum absolute atomic E-state index is 13.0. The van der Waals surface area contributed by atoms with Crippen LogP contribution in [0.15, 0.2) is 0 Å². The minimum absolute atomic E-state index is 0.104. The first-order chi connectivity index (χ1) is 40.6. The number of carbonyl (C=O) groups excluding carboxylic acids is 4. The van der Waals surface area contributed by atoms with Crippen molar-refractivity contribution in [3.05, 3.63) is 0 Å². The first-order valence-corrected chi connectivity index (χ1v) is 37.2. The summed E-state index contributed by atoms with van der Waals surface area (Å²) < 4.78 is 68.1. The molecular formula is C66H128O17P2. The highest BCUT2D eigenvalue weighted by molar-refractivity contribution is 7.47. The molecule has 504 valence electrons. The van der Waals surface area contributed by atoms with Crippen LogP contribution in [-0.2, 0) is 65.4 Å². The van der Waals surface area contributed by atoms with E-state index in [0.717, 1.165) is 120 Å². The van der Waals surface area contributed by atoms with Crippen molar-refractivity contribution >= 4 is 39.5 Å². The molecule has 0 aliphatic carbocycles.